The van der Waals surface area contributed by atoms with Gasteiger partial charge < -0.3 is 34.3 Å². The van der Waals surface area contributed by atoms with E-state index < -0.39 is 26.0 Å². The highest BCUT2D eigenvalue weighted by atomic mass is 31.2. The topological polar surface area (TPSA) is 175 Å². The van der Waals surface area contributed by atoms with Gasteiger partial charge in [-0.3, -0.25) is 13.8 Å². The van der Waals surface area contributed by atoms with E-state index in [1.165, 1.54) is 11.9 Å². The van der Waals surface area contributed by atoms with Crippen LogP contribution in [0.2, 0.25) is 0 Å². The Kier molecular flexibility index (Phi) is 20.9. The van der Waals surface area contributed by atoms with Gasteiger partial charge in [-0.25, -0.2) is 14.2 Å². The van der Waals surface area contributed by atoms with Crippen LogP contribution < -0.4 is 5.73 Å². The molecule has 0 saturated carbocycles. The zero-order valence-electron chi connectivity index (χ0n) is 23.0. The Balaban J connectivity index is 4.89. The first-order chi connectivity index (χ1) is 18.2. The van der Waals surface area contributed by atoms with E-state index in [1.807, 2.05) is 20.8 Å². The zero-order chi connectivity index (χ0) is 28.7. The molecule has 0 aromatic heterocycles. The molecule has 0 aliphatic rings. The molecular weight excluding hydrogens is 525 g/mol. The molecule has 0 amide bonds. The Labute approximate surface area is 225 Å². The molecule has 0 heterocycles. The standard InChI is InChI=1S/C23H44N3O11P/c1-5-8-10-13-32-22(28)34-15-17-36-38(30,25-21(24)26(4)19-20(27)31-12-7-3)37-18-16-35-23(29)33-14-11-9-6-2/h5-19H2,1-4H3,(H2,24,25,30). The third kappa shape index (κ3) is 19.5. The molecule has 0 atom stereocenters. The first-order valence-electron chi connectivity index (χ1n) is 12.9. The van der Waals surface area contributed by atoms with E-state index in [-0.39, 0.29) is 58.8 Å². The van der Waals surface area contributed by atoms with Crippen molar-refractivity contribution in [3.63, 3.8) is 0 Å². The van der Waals surface area contributed by atoms with Crippen molar-refractivity contribution in [3.8, 4) is 0 Å². The number of carbonyl (C=O) groups excluding carboxylic acids is 3. The van der Waals surface area contributed by atoms with Crippen LogP contribution in [0.1, 0.15) is 65.7 Å². The van der Waals surface area contributed by atoms with Gasteiger partial charge in [0.15, 0.2) is 0 Å². The summed E-state index contributed by atoms with van der Waals surface area (Å²) in [5.74, 6) is -0.879. The van der Waals surface area contributed by atoms with Gasteiger partial charge in [-0.15, -0.1) is 4.76 Å². The third-order valence-corrected chi connectivity index (χ3v) is 5.97. The highest BCUT2D eigenvalue weighted by molar-refractivity contribution is 7.52. The summed E-state index contributed by atoms with van der Waals surface area (Å²) >= 11 is 0. The molecular formula is C23H44N3O11P. The average molecular weight is 570 g/mol. The fourth-order valence-corrected chi connectivity index (χ4v) is 3.69. The minimum absolute atomic E-state index is 0.226. The van der Waals surface area contributed by atoms with Crippen molar-refractivity contribution in [2.45, 2.75) is 65.7 Å². The molecule has 15 heteroatoms. The van der Waals surface area contributed by atoms with Gasteiger partial charge in [0, 0.05) is 7.05 Å². The number of nitrogens with zero attached hydrogens (tertiary/aromatic N) is 2. The molecule has 0 aromatic rings. The number of guanidine groups is 1. The molecule has 0 radical (unpaired) electrons. The minimum atomic E-state index is -4.27. The lowest BCUT2D eigenvalue weighted by atomic mass is 10.3. The first-order valence-corrected chi connectivity index (χ1v) is 14.4. The normalized spacial score (nSPS) is 11.5. The molecule has 0 aliphatic carbocycles. The highest BCUT2D eigenvalue weighted by Crippen LogP contribution is 2.49. The van der Waals surface area contributed by atoms with Crippen LogP contribution in [0.4, 0.5) is 9.59 Å². The lowest BCUT2D eigenvalue weighted by molar-refractivity contribution is -0.143. The van der Waals surface area contributed by atoms with E-state index >= 15 is 0 Å². The Morgan fingerprint density at radius 2 is 1.16 bits per heavy atom. The van der Waals surface area contributed by atoms with Crippen molar-refractivity contribution in [3.05, 3.63) is 0 Å². The van der Waals surface area contributed by atoms with E-state index in [0.29, 0.717) is 19.3 Å². The molecule has 0 saturated heterocycles. The number of hydrogen-bond acceptors (Lipinski definition) is 11. The van der Waals surface area contributed by atoms with Crippen molar-refractivity contribution >= 4 is 32.0 Å². The molecule has 0 rings (SSSR count). The zero-order valence-corrected chi connectivity index (χ0v) is 23.9. The van der Waals surface area contributed by atoms with Crippen LogP contribution in [-0.2, 0) is 42.1 Å². The van der Waals surface area contributed by atoms with Crippen LogP contribution >= 0.6 is 7.75 Å². The summed E-state index contributed by atoms with van der Waals surface area (Å²) in [6.07, 6.45) is 4.09. The maximum absolute atomic E-state index is 13.2. The predicted octanol–water partition coefficient (Wildman–Crippen LogP) is 4.01. The Morgan fingerprint density at radius 1 is 0.684 bits per heavy atom. The number of carbonyl (C=O) groups is 3. The average Bonchev–Trinajstić information content (AvgIpc) is 2.88. The van der Waals surface area contributed by atoms with E-state index in [0.717, 1.165) is 25.7 Å². The number of nitrogens with two attached hydrogens (primary N) is 1. The summed E-state index contributed by atoms with van der Waals surface area (Å²) < 4.78 is 52.0. The number of rotatable bonds is 21. The second-order valence-corrected chi connectivity index (χ2v) is 9.63. The van der Waals surface area contributed by atoms with E-state index in [9.17, 15) is 18.9 Å². The van der Waals surface area contributed by atoms with Crippen LogP contribution in [0.25, 0.3) is 0 Å². The van der Waals surface area contributed by atoms with E-state index in [4.69, 9.17) is 38.5 Å². The number of likely N-dealkylation sites (N-methyl/N-ethyl adjacent to an activating group) is 1. The van der Waals surface area contributed by atoms with Gasteiger partial charge in [-0.2, -0.15) is 0 Å². The monoisotopic (exact) mass is 569 g/mol. The SMILES string of the molecule is CCCCCOC(=O)OCCOP(=O)(/N=C(\N)N(C)CC(=O)OCCC)OCCOC(=O)OCCCCC. The van der Waals surface area contributed by atoms with Gasteiger partial charge in [0.2, 0.25) is 5.96 Å². The van der Waals surface area contributed by atoms with Gasteiger partial charge in [0.05, 0.1) is 33.0 Å². The highest BCUT2D eigenvalue weighted by Gasteiger charge is 2.27. The fraction of sp³-hybridized carbons (Fsp3) is 0.826. The van der Waals surface area contributed by atoms with Crippen LogP contribution in [0.5, 0.6) is 0 Å². The quantitative estimate of drug-likeness (QED) is 0.0524. The Bertz CT molecular complexity index is 716. The van der Waals surface area contributed by atoms with Gasteiger partial charge in [0.25, 0.3) is 0 Å². The molecule has 0 bridgehead atoms. The molecule has 222 valence electrons. The summed E-state index contributed by atoms with van der Waals surface area (Å²) in [6.45, 7) is 5.02. The van der Waals surface area contributed by atoms with E-state index in [1.54, 1.807) is 0 Å². The maximum atomic E-state index is 13.2. The summed E-state index contributed by atoms with van der Waals surface area (Å²) in [5, 5.41) is 0. The van der Waals surface area contributed by atoms with E-state index in [2.05, 4.69) is 4.76 Å². The molecule has 2 N–H and O–H groups in total. The molecule has 0 aromatic carbocycles. The van der Waals surface area contributed by atoms with Gasteiger partial charge in [-0.05, 0) is 19.3 Å². The Hall–Kier alpha value is -2.57. The smallest absolute Gasteiger partial charge is 0.464 e. The number of ether oxygens (including phenoxy) is 5. The van der Waals surface area contributed by atoms with Crippen molar-refractivity contribution in [2.24, 2.45) is 10.5 Å². The summed E-state index contributed by atoms with van der Waals surface area (Å²) in [5.41, 5.74) is 5.87. The molecule has 38 heavy (non-hydrogen) atoms. The second-order valence-electron chi connectivity index (χ2n) is 7.98. The number of esters is 1. The van der Waals surface area contributed by atoms with Crippen LogP contribution in [0, 0.1) is 0 Å². The van der Waals surface area contributed by atoms with Gasteiger partial charge >= 0.3 is 26.0 Å². The lowest BCUT2D eigenvalue weighted by Crippen LogP contribution is -2.38. The second kappa shape index (κ2) is 22.4. The summed E-state index contributed by atoms with van der Waals surface area (Å²) in [6, 6.07) is 0. The summed E-state index contributed by atoms with van der Waals surface area (Å²) in [7, 11) is -2.83. The van der Waals surface area contributed by atoms with Crippen LogP contribution in [-0.4, -0.2) is 89.0 Å². The van der Waals surface area contributed by atoms with Gasteiger partial charge in [0.1, 0.15) is 19.8 Å². The molecule has 0 spiro atoms. The Morgan fingerprint density at radius 3 is 1.61 bits per heavy atom. The van der Waals surface area contributed by atoms with Crippen molar-refractivity contribution in [2.75, 3.05) is 59.8 Å². The van der Waals surface area contributed by atoms with Crippen molar-refractivity contribution in [1.29, 1.82) is 0 Å². The van der Waals surface area contributed by atoms with Crippen LogP contribution in [0.15, 0.2) is 4.76 Å². The van der Waals surface area contributed by atoms with Crippen LogP contribution in [0.3, 0.4) is 0 Å². The molecule has 14 nitrogen and oxygen atoms in total. The molecule has 0 fully saturated rings. The summed E-state index contributed by atoms with van der Waals surface area (Å²) in [4.78, 5) is 36.2. The molecule has 0 aliphatic heterocycles. The van der Waals surface area contributed by atoms with Crippen molar-refractivity contribution in [1.82, 2.24) is 4.90 Å². The number of unbranched alkanes of at least 4 members (excludes halogenated alkanes) is 4. The predicted molar refractivity (Wildman–Crippen MR) is 139 cm³/mol. The largest absolute Gasteiger partial charge is 0.508 e. The maximum Gasteiger partial charge on any atom is 0.508 e. The minimum Gasteiger partial charge on any atom is -0.464 e. The molecule has 0 unspecified atom stereocenters. The fourth-order valence-electron chi connectivity index (χ4n) is 2.49. The van der Waals surface area contributed by atoms with Gasteiger partial charge in [-0.1, -0.05) is 46.5 Å². The third-order valence-electron chi connectivity index (χ3n) is 4.50. The first kappa shape index (κ1) is 35.4. The lowest BCUT2D eigenvalue weighted by Gasteiger charge is -2.20. The van der Waals surface area contributed by atoms with Crippen molar-refractivity contribution < 1.29 is 51.7 Å². The number of hydrogen-bond donors (Lipinski definition) is 1.